The van der Waals surface area contributed by atoms with E-state index in [1.165, 1.54) is 18.4 Å². The Kier molecular flexibility index (Phi) is 5.04. The summed E-state index contributed by atoms with van der Waals surface area (Å²) in [5.41, 5.74) is 2.35. The maximum Gasteiger partial charge on any atom is 0.267 e. The van der Waals surface area contributed by atoms with Crippen LogP contribution >= 0.6 is 0 Å². The minimum Gasteiger partial charge on any atom is -0.486 e. The summed E-state index contributed by atoms with van der Waals surface area (Å²) in [5.74, 6) is 2.25. The van der Waals surface area contributed by atoms with Crippen LogP contribution in [-0.4, -0.2) is 29.0 Å². The number of rotatable bonds is 5. The van der Waals surface area contributed by atoms with Crippen molar-refractivity contribution in [3.05, 3.63) is 51.9 Å². The van der Waals surface area contributed by atoms with Crippen LogP contribution < -0.4 is 20.3 Å². The summed E-state index contributed by atoms with van der Waals surface area (Å²) in [4.78, 5) is 12.3. The van der Waals surface area contributed by atoms with Crippen molar-refractivity contribution in [1.82, 2.24) is 15.1 Å². The molecule has 2 aromatic rings. The van der Waals surface area contributed by atoms with Gasteiger partial charge in [-0.15, -0.1) is 0 Å². The zero-order valence-electron chi connectivity index (χ0n) is 17.0. The fourth-order valence-corrected chi connectivity index (χ4v) is 4.56. The molecule has 6 heteroatoms. The van der Waals surface area contributed by atoms with E-state index in [0.29, 0.717) is 25.2 Å². The van der Waals surface area contributed by atoms with E-state index in [1.807, 2.05) is 12.1 Å². The smallest absolute Gasteiger partial charge is 0.267 e. The van der Waals surface area contributed by atoms with E-state index in [1.54, 1.807) is 10.7 Å². The third kappa shape index (κ3) is 4.04. The second kappa shape index (κ2) is 7.82. The minimum absolute atomic E-state index is 0.0375. The van der Waals surface area contributed by atoms with Gasteiger partial charge in [-0.3, -0.25) is 4.79 Å². The maximum absolute atomic E-state index is 12.3. The van der Waals surface area contributed by atoms with Crippen molar-refractivity contribution in [3.8, 4) is 11.5 Å². The van der Waals surface area contributed by atoms with Crippen molar-refractivity contribution in [2.45, 2.75) is 69.5 Å². The number of ether oxygens (including phenoxy) is 2. The number of hydrogen-bond acceptors (Lipinski definition) is 5. The zero-order chi connectivity index (χ0) is 19.8. The Hall–Kier alpha value is -2.34. The van der Waals surface area contributed by atoms with E-state index in [2.05, 4.69) is 24.4 Å². The Morgan fingerprint density at radius 2 is 1.76 bits per heavy atom. The second-order valence-corrected chi connectivity index (χ2v) is 8.61. The molecule has 2 saturated carbocycles. The van der Waals surface area contributed by atoms with Gasteiger partial charge in [0.05, 0.1) is 11.7 Å². The fraction of sp³-hybridized carbons (Fsp3) is 0.565. The topological polar surface area (TPSA) is 65.4 Å². The van der Waals surface area contributed by atoms with Crippen molar-refractivity contribution < 1.29 is 9.47 Å². The lowest BCUT2D eigenvalue weighted by atomic mass is 9.90. The van der Waals surface area contributed by atoms with Crippen molar-refractivity contribution in [2.75, 3.05) is 13.2 Å². The average molecular weight is 396 g/mol. The van der Waals surface area contributed by atoms with Gasteiger partial charge in [-0.2, -0.15) is 5.10 Å². The van der Waals surface area contributed by atoms with Gasteiger partial charge in [0.15, 0.2) is 11.5 Å². The first-order chi connectivity index (χ1) is 14.2. The highest BCUT2D eigenvalue weighted by molar-refractivity contribution is 5.44. The van der Waals surface area contributed by atoms with E-state index >= 15 is 0 Å². The highest BCUT2D eigenvalue weighted by Crippen LogP contribution is 2.39. The highest BCUT2D eigenvalue weighted by atomic mass is 16.6. The van der Waals surface area contributed by atoms with Crippen LogP contribution in [0.25, 0.3) is 0 Å². The van der Waals surface area contributed by atoms with Gasteiger partial charge in [0.25, 0.3) is 5.56 Å². The third-order valence-electron chi connectivity index (χ3n) is 6.44. The van der Waals surface area contributed by atoms with Crippen LogP contribution in [0.4, 0.5) is 0 Å². The number of benzene rings is 1. The van der Waals surface area contributed by atoms with Crippen LogP contribution in [0.2, 0.25) is 0 Å². The molecule has 1 aliphatic heterocycles. The molecule has 5 rings (SSSR count). The van der Waals surface area contributed by atoms with Crippen LogP contribution in [0.1, 0.15) is 74.7 Å². The average Bonchev–Trinajstić information content (AvgIpc) is 3.60. The molecule has 1 unspecified atom stereocenters. The molecule has 1 atom stereocenters. The summed E-state index contributed by atoms with van der Waals surface area (Å²) in [6.45, 7) is 3.42. The monoisotopic (exact) mass is 395 g/mol. The number of fused-ring (bicyclic) bond motifs is 1. The molecule has 6 nitrogen and oxygen atoms in total. The van der Waals surface area contributed by atoms with Crippen molar-refractivity contribution in [1.29, 1.82) is 0 Å². The molecule has 1 aromatic heterocycles. The van der Waals surface area contributed by atoms with Crippen molar-refractivity contribution in [3.63, 3.8) is 0 Å². The van der Waals surface area contributed by atoms with Gasteiger partial charge in [0, 0.05) is 24.1 Å². The molecular weight excluding hydrogens is 366 g/mol. The summed E-state index contributed by atoms with van der Waals surface area (Å²) in [6, 6.07) is 10.7. The maximum atomic E-state index is 12.3. The molecule has 0 bridgehead atoms. The Morgan fingerprint density at radius 1 is 1.00 bits per heavy atom. The molecule has 0 saturated heterocycles. The molecule has 1 N–H and O–H groups in total. The summed E-state index contributed by atoms with van der Waals surface area (Å²) >= 11 is 0. The number of hydrogen-bond donors (Lipinski definition) is 1. The highest BCUT2D eigenvalue weighted by Gasteiger charge is 2.28. The van der Waals surface area contributed by atoms with E-state index < -0.39 is 0 Å². The second-order valence-electron chi connectivity index (χ2n) is 8.61. The van der Waals surface area contributed by atoms with E-state index in [9.17, 15) is 4.79 Å². The summed E-state index contributed by atoms with van der Waals surface area (Å²) < 4.78 is 13.1. The summed E-state index contributed by atoms with van der Waals surface area (Å²) in [5, 5.41) is 8.45. The predicted octanol–water partition coefficient (Wildman–Crippen LogP) is 3.73. The molecule has 2 heterocycles. The SMILES string of the molecule is CC(NC1CCC(n2nc(C3CC3)ccc2=O)CC1)c1ccc2c(c1)OCCO2. The number of aromatic nitrogens is 2. The number of nitrogens with zero attached hydrogens (tertiary/aromatic N) is 2. The van der Waals surface area contributed by atoms with Gasteiger partial charge in [0.2, 0.25) is 0 Å². The van der Waals surface area contributed by atoms with Crippen LogP contribution in [0.15, 0.2) is 35.1 Å². The fourth-order valence-electron chi connectivity index (χ4n) is 4.56. The molecule has 2 fully saturated rings. The standard InChI is InChI=1S/C23H29N3O3/c1-15(17-4-10-21-22(14-17)29-13-12-28-21)24-18-5-7-19(8-6-18)26-23(27)11-9-20(25-26)16-2-3-16/h4,9-11,14-16,18-19,24H,2-3,5-8,12-13H2,1H3. The Morgan fingerprint density at radius 3 is 2.52 bits per heavy atom. The van der Waals surface area contributed by atoms with Gasteiger partial charge in [-0.25, -0.2) is 4.68 Å². The first-order valence-corrected chi connectivity index (χ1v) is 10.9. The molecule has 0 spiro atoms. The normalized spacial score (nSPS) is 24.9. The Bertz CT molecular complexity index is 929. The van der Waals surface area contributed by atoms with Gasteiger partial charge in [-0.1, -0.05) is 6.07 Å². The van der Waals surface area contributed by atoms with Crippen LogP contribution in [0, 0.1) is 0 Å². The molecule has 2 aliphatic carbocycles. The molecule has 1 aromatic carbocycles. The first-order valence-electron chi connectivity index (χ1n) is 10.9. The van der Waals surface area contributed by atoms with Gasteiger partial charge >= 0.3 is 0 Å². The van der Waals surface area contributed by atoms with Gasteiger partial charge in [-0.05, 0) is 69.2 Å². The Labute approximate surface area is 171 Å². The largest absolute Gasteiger partial charge is 0.486 e. The van der Waals surface area contributed by atoms with Gasteiger partial charge in [0.1, 0.15) is 13.2 Å². The van der Waals surface area contributed by atoms with Crippen LogP contribution in [-0.2, 0) is 0 Å². The molecule has 29 heavy (non-hydrogen) atoms. The molecular formula is C23H29N3O3. The number of nitrogens with one attached hydrogen (secondary N) is 1. The lowest BCUT2D eigenvalue weighted by molar-refractivity contribution is 0.171. The molecule has 0 amide bonds. The quantitative estimate of drug-likeness (QED) is 0.836. The van der Waals surface area contributed by atoms with Crippen molar-refractivity contribution in [2.24, 2.45) is 0 Å². The minimum atomic E-state index is 0.0375. The molecule has 154 valence electrons. The van der Waals surface area contributed by atoms with E-state index in [0.717, 1.165) is 42.9 Å². The van der Waals surface area contributed by atoms with Crippen LogP contribution in [0.3, 0.4) is 0 Å². The lowest BCUT2D eigenvalue weighted by Gasteiger charge is -2.32. The summed E-state index contributed by atoms with van der Waals surface area (Å²) in [7, 11) is 0. The van der Waals surface area contributed by atoms with Gasteiger partial charge < -0.3 is 14.8 Å². The Balaban J connectivity index is 1.20. The lowest BCUT2D eigenvalue weighted by Crippen LogP contribution is -2.38. The van der Waals surface area contributed by atoms with Crippen molar-refractivity contribution >= 4 is 0 Å². The van der Waals surface area contributed by atoms with Crippen LogP contribution in [0.5, 0.6) is 11.5 Å². The van der Waals surface area contributed by atoms with E-state index in [-0.39, 0.29) is 17.6 Å². The molecule has 3 aliphatic rings. The summed E-state index contributed by atoms with van der Waals surface area (Å²) in [6.07, 6.45) is 6.51. The molecule has 0 radical (unpaired) electrons. The third-order valence-corrected chi connectivity index (χ3v) is 6.44. The predicted molar refractivity (Wildman–Crippen MR) is 111 cm³/mol. The first kappa shape index (κ1) is 18.7. The zero-order valence-corrected chi connectivity index (χ0v) is 17.0. The van der Waals surface area contributed by atoms with E-state index in [4.69, 9.17) is 14.6 Å².